The van der Waals surface area contributed by atoms with Crippen molar-refractivity contribution in [2.24, 2.45) is 0 Å². The first-order chi connectivity index (χ1) is 11.6. The van der Waals surface area contributed by atoms with Gasteiger partial charge in [0.2, 0.25) is 0 Å². The molecule has 0 amide bonds. The van der Waals surface area contributed by atoms with Crippen molar-refractivity contribution < 1.29 is 9.90 Å². The highest BCUT2D eigenvalue weighted by atomic mass is 16.4. The number of aromatic amines is 1. The number of nitrogens with one attached hydrogen (secondary N) is 1. The molecule has 0 atom stereocenters. The number of hydrogen-bond donors (Lipinski definition) is 2. The van der Waals surface area contributed by atoms with Crippen molar-refractivity contribution in [2.75, 3.05) is 0 Å². The molecule has 0 aliphatic heterocycles. The van der Waals surface area contributed by atoms with Crippen molar-refractivity contribution in [1.29, 1.82) is 0 Å². The van der Waals surface area contributed by atoms with Crippen molar-refractivity contribution in [3.8, 4) is 11.1 Å². The average molecular weight is 322 g/mol. The number of aromatic carboxylic acids is 1. The third-order valence-corrected chi connectivity index (χ3v) is 4.87. The van der Waals surface area contributed by atoms with E-state index in [1.165, 1.54) is 12.8 Å². The molecule has 4 rings (SSSR count). The van der Waals surface area contributed by atoms with Gasteiger partial charge in [-0.25, -0.2) is 9.59 Å². The van der Waals surface area contributed by atoms with Crippen LogP contribution in [0, 0.1) is 0 Å². The molecule has 5 heteroatoms. The molecule has 24 heavy (non-hydrogen) atoms. The van der Waals surface area contributed by atoms with Crippen LogP contribution in [-0.2, 0) is 0 Å². The van der Waals surface area contributed by atoms with Gasteiger partial charge in [0.1, 0.15) is 0 Å². The second kappa shape index (κ2) is 5.67. The quantitative estimate of drug-likeness (QED) is 0.770. The SMILES string of the molecule is O=C(O)c1ccc(-c2ccc3c(c2)[nH]c(=O)n3C2CCCC2)cc1. The van der Waals surface area contributed by atoms with Crippen LogP contribution < -0.4 is 5.69 Å². The molecule has 1 aromatic heterocycles. The molecular formula is C19H18N2O3. The number of carboxylic acid groups (broad SMARTS) is 1. The van der Waals surface area contributed by atoms with Crippen LogP contribution >= 0.6 is 0 Å². The summed E-state index contributed by atoms with van der Waals surface area (Å²) in [5, 5.41) is 8.98. The molecule has 0 unspecified atom stereocenters. The van der Waals surface area contributed by atoms with Gasteiger partial charge in [-0.2, -0.15) is 0 Å². The Morgan fingerprint density at radius 2 is 1.71 bits per heavy atom. The van der Waals surface area contributed by atoms with Gasteiger partial charge in [0.05, 0.1) is 16.6 Å². The predicted octanol–water partition coefficient (Wildman–Crippen LogP) is 3.81. The van der Waals surface area contributed by atoms with E-state index >= 15 is 0 Å². The van der Waals surface area contributed by atoms with Crippen molar-refractivity contribution in [1.82, 2.24) is 9.55 Å². The van der Waals surface area contributed by atoms with E-state index in [0.717, 1.165) is 35.0 Å². The monoisotopic (exact) mass is 322 g/mol. The minimum Gasteiger partial charge on any atom is -0.478 e. The minimum atomic E-state index is -0.935. The molecule has 1 aliphatic rings. The van der Waals surface area contributed by atoms with Crippen LogP contribution in [0.4, 0.5) is 0 Å². The summed E-state index contributed by atoms with van der Waals surface area (Å²) in [6.45, 7) is 0. The van der Waals surface area contributed by atoms with Crippen molar-refractivity contribution in [3.05, 3.63) is 58.5 Å². The predicted molar refractivity (Wildman–Crippen MR) is 92.5 cm³/mol. The lowest BCUT2D eigenvalue weighted by molar-refractivity contribution is 0.0697. The van der Waals surface area contributed by atoms with E-state index in [9.17, 15) is 9.59 Å². The van der Waals surface area contributed by atoms with E-state index in [4.69, 9.17) is 5.11 Å². The highest BCUT2D eigenvalue weighted by Gasteiger charge is 2.21. The Labute approximate surface area is 138 Å². The largest absolute Gasteiger partial charge is 0.478 e. The maximum Gasteiger partial charge on any atom is 0.335 e. The Kier molecular flexibility index (Phi) is 3.49. The van der Waals surface area contributed by atoms with Crippen LogP contribution in [-0.4, -0.2) is 20.6 Å². The van der Waals surface area contributed by atoms with Gasteiger partial charge in [-0.1, -0.05) is 31.0 Å². The smallest absolute Gasteiger partial charge is 0.335 e. The summed E-state index contributed by atoms with van der Waals surface area (Å²) in [6, 6.07) is 13.0. The van der Waals surface area contributed by atoms with E-state index in [1.807, 2.05) is 22.8 Å². The molecule has 0 saturated heterocycles. The average Bonchev–Trinajstić information content (AvgIpc) is 3.20. The Balaban J connectivity index is 1.76. The van der Waals surface area contributed by atoms with Crippen molar-refractivity contribution in [2.45, 2.75) is 31.7 Å². The molecule has 0 bridgehead atoms. The Morgan fingerprint density at radius 3 is 2.38 bits per heavy atom. The number of nitrogens with zero attached hydrogens (tertiary/aromatic N) is 1. The molecule has 3 aromatic rings. The van der Waals surface area contributed by atoms with Gasteiger partial charge >= 0.3 is 11.7 Å². The topological polar surface area (TPSA) is 75.1 Å². The lowest BCUT2D eigenvalue weighted by atomic mass is 10.0. The Morgan fingerprint density at radius 1 is 1.04 bits per heavy atom. The number of carboxylic acids is 1. The second-order valence-electron chi connectivity index (χ2n) is 6.35. The number of fused-ring (bicyclic) bond motifs is 1. The number of imidazole rings is 1. The van der Waals surface area contributed by atoms with Gasteiger partial charge in [0.15, 0.2) is 0 Å². The van der Waals surface area contributed by atoms with Gasteiger partial charge in [-0.3, -0.25) is 4.57 Å². The van der Waals surface area contributed by atoms with Crippen LogP contribution in [0.2, 0.25) is 0 Å². The zero-order valence-electron chi connectivity index (χ0n) is 13.2. The summed E-state index contributed by atoms with van der Waals surface area (Å²) in [6.07, 6.45) is 4.48. The Bertz CT molecular complexity index is 960. The summed E-state index contributed by atoms with van der Waals surface area (Å²) < 4.78 is 1.89. The molecule has 2 N–H and O–H groups in total. The lowest BCUT2D eigenvalue weighted by Gasteiger charge is -2.11. The summed E-state index contributed by atoms with van der Waals surface area (Å²) >= 11 is 0. The van der Waals surface area contributed by atoms with Crippen LogP contribution in [0.25, 0.3) is 22.2 Å². The number of hydrogen-bond acceptors (Lipinski definition) is 2. The van der Waals surface area contributed by atoms with E-state index < -0.39 is 5.97 Å². The first-order valence-electron chi connectivity index (χ1n) is 8.21. The normalized spacial score (nSPS) is 15.2. The molecule has 1 saturated carbocycles. The lowest BCUT2D eigenvalue weighted by Crippen LogP contribution is -2.20. The van der Waals surface area contributed by atoms with Crippen LogP contribution in [0.3, 0.4) is 0 Å². The van der Waals surface area contributed by atoms with Crippen LogP contribution in [0.1, 0.15) is 42.1 Å². The fourth-order valence-electron chi connectivity index (χ4n) is 3.64. The number of benzene rings is 2. The highest BCUT2D eigenvalue weighted by Crippen LogP contribution is 2.31. The fourth-order valence-corrected chi connectivity index (χ4v) is 3.64. The molecule has 1 fully saturated rings. The molecule has 0 radical (unpaired) electrons. The summed E-state index contributed by atoms with van der Waals surface area (Å²) in [5.41, 5.74) is 3.87. The zero-order valence-corrected chi connectivity index (χ0v) is 13.2. The van der Waals surface area contributed by atoms with Gasteiger partial charge < -0.3 is 10.1 Å². The van der Waals surface area contributed by atoms with E-state index in [0.29, 0.717) is 6.04 Å². The molecular weight excluding hydrogens is 304 g/mol. The number of aromatic nitrogens is 2. The number of H-pyrrole nitrogens is 1. The zero-order chi connectivity index (χ0) is 16.7. The summed E-state index contributed by atoms with van der Waals surface area (Å²) in [7, 11) is 0. The van der Waals surface area contributed by atoms with Crippen LogP contribution in [0.5, 0.6) is 0 Å². The van der Waals surface area contributed by atoms with Gasteiger partial charge in [-0.05, 0) is 48.2 Å². The van der Waals surface area contributed by atoms with E-state index in [-0.39, 0.29) is 11.3 Å². The van der Waals surface area contributed by atoms with Gasteiger partial charge in [0.25, 0.3) is 0 Å². The van der Waals surface area contributed by atoms with Gasteiger partial charge in [0, 0.05) is 6.04 Å². The maximum atomic E-state index is 12.3. The third kappa shape index (κ3) is 2.42. The molecule has 0 spiro atoms. The van der Waals surface area contributed by atoms with Crippen LogP contribution in [0.15, 0.2) is 47.3 Å². The maximum absolute atomic E-state index is 12.3. The minimum absolute atomic E-state index is 0.0460. The third-order valence-electron chi connectivity index (χ3n) is 4.87. The molecule has 1 heterocycles. The standard InChI is InChI=1S/C19H18N2O3/c22-18(23)13-7-5-12(6-8-13)14-9-10-17-16(11-14)20-19(24)21(17)15-3-1-2-4-15/h5-11,15H,1-4H2,(H,20,24)(H,22,23). The first kappa shape index (κ1) is 14.8. The van der Waals surface area contributed by atoms with E-state index in [1.54, 1.807) is 24.3 Å². The molecule has 2 aromatic carbocycles. The number of rotatable bonds is 3. The molecule has 1 aliphatic carbocycles. The summed E-state index contributed by atoms with van der Waals surface area (Å²) in [4.78, 5) is 26.2. The highest BCUT2D eigenvalue weighted by molar-refractivity contribution is 5.89. The van der Waals surface area contributed by atoms with Crippen molar-refractivity contribution in [3.63, 3.8) is 0 Å². The van der Waals surface area contributed by atoms with E-state index in [2.05, 4.69) is 4.98 Å². The fraction of sp³-hybridized carbons (Fsp3) is 0.263. The Hall–Kier alpha value is -2.82. The number of carbonyl (C=O) groups is 1. The first-order valence-corrected chi connectivity index (χ1v) is 8.21. The van der Waals surface area contributed by atoms with Crippen molar-refractivity contribution >= 4 is 17.0 Å². The molecule has 122 valence electrons. The second-order valence-corrected chi connectivity index (χ2v) is 6.35. The van der Waals surface area contributed by atoms with Gasteiger partial charge in [-0.15, -0.1) is 0 Å². The molecule has 5 nitrogen and oxygen atoms in total. The summed E-state index contributed by atoms with van der Waals surface area (Å²) in [5.74, 6) is -0.935.